The molecular formula is C18H19O2P. The number of rotatable bonds is 4. The van der Waals surface area contributed by atoms with Crippen molar-refractivity contribution < 1.29 is 9.36 Å². The minimum Gasteiger partial charge on any atom is -0.289 e. The van der Waals surface area contributed by atoms with Crippen LogP contribution in [0.1, 0.15) is 50.8 Å². The van der Waals surface area contributed by atoms with Gasteiger partial charge in [-0.1, -0.05) is 42.0 Å². The lowest BCUT2D eigenvalue weighted by Gasteiger charge is -2.14. The van der Waals surface area contributed by atoms with Gasteiger partial charge in [-0.2, -0.15) is 0 Å². The molecule has 0 aliphatic heterocycles. The molecule has 0 radical (unpaired) electrons. The molecule has 0 bridgehead atoms. The highest BCUT2D eigenvalue weighted by atomic mass is 31.1. The number of benzene rings is 2. The average molecular weight is 298 g/mol. The van der Waals surface area contributed by atoms with Crippen LogP contribution in [0.4, 0.5) is 0 Å². The van der Waals surface area contributed by atoms with Gasteiger partial charge in [0.05, 0.1) is 5.66 Å². The SMILES string of the molecule is Cc1cc(C)c(C(=O)c2ccccc2C(C)P=O)c(C)c1. The standard InChI is InChI=1S/C18H19O2P/c1-11-9-12(2)17(13(3)10-11)18(19)16-8-6-5-7-15(16)14(4)21-20/h5-10,14H,1-4H3. The van der Waals surface area contributed by atoms with Gasteiger partial charge in [-0.3, -0.25) is 9.36 Å². The molecule has 0 saturated heterocycles. The summed E-state index contributed by atoms with van der Waals surface area (Å²) < 4.78 is 11.2. The number of carbonyl (C=O) groups is 1. The van der Waals surface area contributed by atoms with Crippen LogP contribution in [0.3, 0.4) is 0 Å². The third-order valence-electron chi connectivity index (χ3n) is 3.72. The fraction of sp³-hybridized carbons (Fsp3) is 0.278. The van der Waals surface area contributed by atoms with Crippen LogP contribution >= 0.6 is 8.46 Å². The molecule has 0 aromatic heterocycles. The van der Waals surface area contributed by atoms with Gasteiger partial charge in [0.1, 0.15) is 0 Å². The molecule has 21 heavy (non-hydrogen) atoms. The second-order valence-electron chi connectivity index (χ2n) is 5.47. The van der Waals surface area contributed by atoms with Crippen LogP contribution < -0.4 is 0 Å². The summed E-state index contributed by atoms with van der Waals surface area (Å²) in [6.07, 6.45) is 0. The van der Waals surface area contributed by atoms with Gasteiger partial charge in [-0.05, 0) is 44.4 Å². The third-order valence-corrected chi connectivity index (χ3v) is 4.31. The minimum absolute atomic E-state index is 0.0103. The van der Waals surface area contributed by atoms with Gasteiger partial charge in [-0.15, -0.1) is 0 Å². The van der Waals surface area contributed by atoms with E-state index in [1.54, 1.807) is 0 Å². The predicted octanol–water partition coefficient (Wildman–Crippen LogP) is 5.20. The van der Waals surface area contributed by atoms with Crippen LogP contribution in [0.25, 0.3) is 0 Å². The molecule has 0 amide bonds. The molecule has 0 spiro atoms. The average Bonchev–Trinajstić information content (AvgIpc) is 2.45. The van der Waals surface area contributed by atoms with Gasteiger partial charge >= 0.3 is 0 Å². The summed E-state index contributed by atoms with van der Waals surface area (Å²) in [4.78, 5) is 12.9. The lowest BCUT2D eigenvalue weighted by molar-refractivity contribution is 0.103. The van der Waals surface area contributed by atoms with E-state index in [1.807, 2.05) is 64.1 Å². The quantitative estimate of drug-likeness (QED) is 0.574. The third kappa shape index (κ3) is 3.11. The molecule has 1 unspecified atom stereocenters. The van der Waals surface area contributed by atoms with E-state index in [2.05, 4.69) is 0 Å². The second kappa shape index (κ2) is 6.32. The Kier molecular flexibility index (Phi) is 4.69. The van der Waals surface area contributed by atoms with Crippen molar-refractivity contribution in [2.24, 2.45) is 0 Å². The van der Waals surface area contributed by atoms with Crippen molar-refractivity contribution in [1.82, 2.24) is 0 Å². The zero-order chi connectivity index (χ0) is 15.6. The Balaban J connectivity index is 2.59. The van der Waals surface area contributed by atoms with E-state index in [9.17, 15) is 9.36 Å². The van der Waals surface area contributed by atoms with Crippen molar-refractivity contribution in [1.29, 1.82) is 0 Å². The molecular weight excluding hydrogens is 279 g/mol. The van der Waals surface area contributed by atoms with Crippen LogP contribution in [-0.2, 0) is 4.57 Å². The molecule has 2 nitrogen and oxygen atoms in total. The fourth-order valence-electron chi connectivity index (χ4n) is 2.80. The van der Waals surface area contributed by atoms with Gasteiger partial charge < -0.3 is 0 Å². The highest BCUT2D eigenvalue weighted by Gasteiger charge is 2.20. The second-order valence-corrected chi connectivity index (χ2v) is 6.46. The highest BCUT2D eigenvalue weighted by molar-refractivity contribution is 7.24. The molecule has 0 fully saturated rings. The number of hydrogen-bond donors (Lipinski definition) is 0. The molecule has 2 aromatic carbocycles. The molecule has 2 aromatic rings. The van der Waals surface area contributed by atoms with E-state index >= 15 is 0 Å². The lowest BCUT2D eigenvalue weighted by Crippen LogP contribution is -2.10. The van der Waals surface area contributed by atoms with Crippen molar-refractivity contribution in [3.05, 3.63) is 69.8 Å². The van der Waals surface area contributed by atoms with Crippen LogP contribution in [0.2, 0.25) is 0 Å². The summed E-state index contributed by atoms with van der Waals surface area (Å²) in [6.45, 7) is 7.81. The van der Waals surface area contributed by atoms with Gasteiger partial charge in [0.25, 0.3) is 0 Å². The Morgan fingerprint density at radius 2 is 1.62 bits per heavy atom. The molecule has 0 N–H and O–H groups in total. The first-order valence-corrected chi connectivity index (χ1v) is 7.87. The molecule has 2 rings (SSSR count). The van der Waals surface area contributed by atoms with Crippen LogP contribution in [0.5, 0.6) is 0 Å². The summed E-state index contributed by atoms with van der Waals surface area (Å²) in [5, 5.41) is 0. The number of aryl methyl sites for hydroxylation is 3. The molecule has 108 valence electrons. The van der Waals surface area contributed by atoms with Crippen LogP contribution in [0.15, 0.2) is 36.4 Å². The zero-order valence-electron chi connectivity index (χ0n) is 12.8. The molecule has 1 atom stereocenters. The van der Waals surface area contributed by atoms with E-state index < -0.39 is 0 Å². The van der Waals surface area contributed by atoms with Crippen LogP contribution in [0, 0.1) is 20.8 Å². The summed E-state index contributed by atoms with van der Waals surface area (Å²) >= 11 is 0. The number of carbonyl (C=O) groups excluding carboxylic acids is 1. The summed E-state index contributed by atoms with van der Waals surface area (Å²) in [5.41, 5.74) is 5.17. The molecule has 0 aliphatic rings. The maximum absolute atomic E-state index is 12.9. The van der Waals surface area contributed by atoms with Gasteiger partial charge in [-0.25, -0.2) is 0 Å². The fourth-order valence-corrected chi connectivity index (χ4v) is 3.14. The maximum atomic E-state index is 12.9. The number of ketones is 1. The Morgan fingerprint density at radius 3 is 2.19 bits per heavy atom. The van der Waals surface area contributed by atoms with Crippen molar-refractivity contribution >= 4 is 14.2 Å². The van der Waals surface area contributed by atoms with Crippen LogP contribution in [-0.4, -0.2) is 5.78 Å². The van der Waals surface area contributed by atoms with E-state index in [4.69, 9.17) is 0 Å². The van der Waals surface area contributed by atoms with Crippen molar-refractivity contribution in [3.8, 4) is 0 Å². The topological polar surface area (TPSA) is 34.1 Å². The Labute approximate surface area is 127 Å². The molecule has 0 saturated carbocycles. The molecule has 0 aliphatic carbocycles. The van der Waals surface area contributed by atoms with E-state index in [1.165, 1.54) is 0 Å². The summed E-state index contributed by atoms with van der Waals surface area (Å²) in [6, 6.07) is 11.5. The first kappa shape index (κ1) is 15.6. The van der Waals surface area contributed by atoms with E-state index in [0.29, 0.717) is 5.56 Å². The Bertz CT molecular complexity index is 681. The van der Waals surface area contributed by atoms with E-state index in [0.717, 1.165) is 27.8 Å². The Hall–Kier alpha value is -1.79. The normalized spacial score (nSPS) is 12.4. The zero-order valence-corrected chi connectivity index (χ0v) is 13.7. The monoisotopic (exact) mass is 298 g/mol. The number of hydrogen-bond acceptors (Lipinski definition) is 2. The van der Waals surface area contributed by atoms with Gasteiger partial charge in [0.15, 0.2) is 14.2 Å². The van der Waals surface area contributed by atoms with Crippen molar-refractivity contribution in [2.45, 2.75) is 33.4 Å². The van der Waals surface area contributed by atoms with Gasteiger partial charge in [0.2, 0.25) is 0 Å². The molecule has 3 heteroatoms. The molecule has 0 heterocycles. The predicted molar refractivity (Wildman–Crippen MR) is 86.5 cm³/mol. The van der Waals surface area contributed by atoms with Crippen molar-refractivity contribution in [2.75, 3.05) is 0 Å². The summed E-state index contributed by atoms with van der Waals surface area (Å²) in [7, 11) is 0.0297. The summed E-state index contributed by atoms with van der Waals surface area (Å²) in [5.74, 6) is 0.0103. The first-order chi connectivity index (χ1) is 9.95. The Morgan fingerprint density at radius 1 is 1.05 bits per heavy atom. The van der Waals surface area contributed by atoms with Crippen molar-refractivity contribution in [3.63, 3.8) is 0 Å². The smallest absolute Gasteiger partial charge is 0.193 e. The van der Waals surface area contributed by atoms with Gasteiger partial charge in [0, 0.05) is 11.1 Å². The maximum Gasteiger partial charge on any atom is 0.193 e. The van der Waals surface area contributed by atoms with E-state index in [-0.39, 0.29) is 19.9 Å². The largest absolute Gasteiger partial charge is 0.289 e. The first-order valence-electron chi connectivity index (χ1n) is 6.99. The highest BCUT2D eigenvalue weighted by Crippen LogP contribution is 2.31. The lowest BCUT2D eigenvalue weighted by atomic mass is 9.90. The minimum atomic E-state index is -0.184.